The molecule has 238 valence electrons. The molecule has 0 bridgehead atoms. The van der Waals surface area contributed by atoms with Crippen LogP contribution in [-0.4, -0.2) is 60.7 Å². The summed E-state index contributed by atoms with van der Waals surface area (Å²) in [7, 11) is 0. The lowest BCUT2D eigenvalue weighted by molar-refractivity contribution is -0.137. The van der Waals surface area contributed by atoms with Crippen LogP contribution in [0.2, 0.25) is 5.02 Å². The molecule has 0 atom stereocenters. The van der Waals surface area contributed by atoms with Crippen LogP contribution in [0, 0.1) is 0 Å². The molecule has 16 heteroatoms. The lowest BCUT2D eigenvalue weighted by atomic mass is 10.1. The molecule has 2 aliphatic heterocycles. The first-order valence-electron chi connectivity index (χ1n) is 14.1. The number of aromatic nitrogens is 6. The molecule has 1 amide bonds. The second-order valence-corrected chi connectivity index (χ2v) is 10.8. The summed E-state index contributed by atoms with van der Waals surface area (Å²) in [4.78, 5) is 54.7. The normalized spacial score (nSPS) is 14.8. The predicted octanol–water partition coefficient (Wildman–Crippen LogP) is 4.19. The standard InChI is InChI=1S/C29H30ClF3N8O4/c1-3-22-25(39-8-9-40-20(14-39)13-34-27(40)17(2)42)28(44)41(38-26(36-16-35-22)18-6-10-45-11-7-18)15-24(43)37-23-5-4-19(12-21(23)30)29(31,32)33/h4-6,12-13,16H,3,7-11,14-15H2,1-2H3,(H,37,43)(H,35,36,38). The molecule has 0 saturated heterocycles. The molecule has 45 heavy (non-hydrogen) atoms. The maximum absolute atomic E-state index is 14.4. The summed E-state index contributed by atoms with van der Waals surface area (Å²) in [5.74, 6) is -0.278. The van der Waals surface area contributed by atoms with Crippen molar-refractivity contribution in [2.75, 3.05) is 30.0 Å². The van der Waals surface area contributed by atoms with Gasteiger partial charge in [0, 0.05) is 20.0 Å². The molecular weight excluding hydrogens is 617 g/mol. The van der Waals surface area contributed by atoms with Crippen molar-refractivity contribution in [3.8, 4) is 0 Å². The Morgan fingerprint density at radius 3 is 2.64 bits per heavy atom. The highest BCUT2D eigenvalue weighted by Gasteiger charge is 2.31. The zero-order valence-electron chi connectivity index (χ0n) is 24.4. The highest BCUT2D eigenvalue weighted by Crippen LogP contribution is 2.33. The van der Waals surface area contributed by atoms with Crippen molar-refractivity contribution in [2.45, 2.75) is 52.5 Å². The van der Waals surface area contributed by atoms with E-state index in [1.54, 1.807) is 12.3 Å². The zero-order valence-corrected chi connectivity index (χ0v) is 25.2. The number of aryl methyl sites for hydroxylation is 1. The van der Waals surface area contributed by atoms with E-state index >= 15 is 0 Å². The van der Waals surface area contributed by atoms with Gasteiger partial charge in [-0.3, -0.25) is 19.5 Å². The monoisotopic (exact) mass is 646 g/mol. The van der Waals surface area contributed by atoms with Crippen LogP contribution >= 0.6 is 11.6 Å². The lowest BCUT2D eigenvalue weighted by Gasteiger charge is -2.30. The van der Waals surface area contributed by atoms with Crippen molar-refractivity contribution in [1.82, 2.24) is 29.3 Å². The van der Waals surface area contributed by atoms with Gasteiger partial charge in [0.2, 0.25) is 5.91 Å². The number of imidazole rings is 1. The zero-order chi connectivity index (χ0) is 32.3. The Labute approximate surface area is 260 Å². The molecule has 2 N–H and O–H groups in total. The van der Waals surface area contributed by atoms with Gasteiger partial charge in [0.25, 0.3) is 5.56 Å². The number of benzene rings is 1. The first-order valence-corrected chi connectivity index (χ1v) is 14.5. The molecule has 2 aromatic heterocycles. The van der Waals surface area contributed by atoms with Crippen LogP contribution < -0.4 is 15.8 Å². The summed E-state index contributed by atoms with van der Waals surface area (Å²) < 4.78 is 47.7. The molecule has 0 fully saturated rings. The molecule has 5 rings (SSSR count). The average molecular weight is 647 g/mol. The maximum atomic E-state index is 14.4. The summed E-state index contributed by atoms with van der Waals surface area (Å²) in [6.45, 7) is 4.46. The number of hydrogen-bond acceptors (Lipinski definition) is 8. The van der Waals surface area contributed by atoms with Gasteiger partial charge in [0.05, 0.1) is 53.6 Å². The third-order valence-corrected chi connectivity index (χ3v) is 7.67. The van der Waals surface area contributed by atoms with Gasteiger partial charge in [-0.25, -0.2) is 19.6 Å². The number of hydrogen-bond donors (Lipinski definition) is 2. The third-order valence-electron chi connectivity index (χ3n) is 7.35. The SMILES string of the molecule is CCc1ncnc(C2=CCOCC2)[nH]n(CC(=O)Nc2ccc(C(F)(F)F)cc2Cl)c(=O)c1N1CCn2c(cnc2C(C)=O)C1. The van der Waals surface area contributed by atoms with Crippen LogP contribution in [0.5, 0.6) is 0 Å². The number of rotatable bonds is 7. The van der Waals surface area contributed by atoms with Crippen LogP contribution in [0.3, 0.4) is 0 Å². The van der Waals surface area contributed by atoms with E-state index in [0.717, 1.165) is 28.1 Å². The van der Waals surface area contributed by atoms with Crippen molar-refractivity contribution in [2.24, 2.45) is 0 Å². The van der Waals surface area contributed by atoms with Gasteiger partial charge in [0.1, 0.15) is 24.4 Å². The Balaban J connectivity index is 1.58. The number of Topliss-reactive ketones (excluding diaryl/α,β-unsaturated/α-hetero) is 1. The van der Waals surface area contributed by atoms with Gasteiger partial charge in [-0.1, -0.05) is 24.6 Å². The van der Waals surface area contributed by atoms with E-state index in [1.165, 1.54) is 13.3 Å². The number of nitrogens with zero attached hydrogens (tertiary/aromatic N) is 6. The Bertz CT molecular complexity index is 1780. The van der Waals surface area contributed by atoms with E-state index < -0.39 is 29.8 Å². The number of ketones is 1. The third kappa shape index (κ3) is 7.09. The molecule has 0 aliphatic carbocycles. The van der Waals surface area contributed by atoms with Gasteiger partial charge in [-0.2, -0.15) is 13.2 Å². The minimum Gasteiger partial charge on any atom is -0.377 e. The lowest BCUT2D eigenvalue weighted by Crippen LogP contribution is -2.40. The van der Waals surface area contributed by atoms with Crippen molar-refractivity contribution in [3.05, 3.63) is 80.8 Å². The van der Waals surface area contributed by atoms with E-state index in [1.807, 2.05) is 16.4 Å². The minimum absolute atomic E-state index is 0.0497. The fraction of sp³-hybridized carbons (Fsp3) is 0.379. The minimum atomic E-state index is -4.61. The fourth-order valence-electron chi connectivity index (χ4n) is 5.14. The number of ether oxygens (including phenoxy) is 1. The van der Waals surface area contributed by atoms with Gasteiger partial charge in [-0.15, -0.1) is 0 Å². The van der Waals surface area contributed by atoms with Crippen molar-refractivity contribution in [1.29, 1.82) is 0 Å². The van der Waals surface area contributed by atoms with Crippen molar-refractivity contribution < 1.29 is 27.5 Å². The number of H-pyrrole nitrogens is 1. The van der Waals surface area contributed by atoms with Crippen LogP contribution in [0.25, 0.3) is 5.57 Å². The van der Waals surface area contributed by atoms with E-state index in [0.29, 0.717) is 56.7 Å². The largest absolute Gasteiger partial charge is 0.416 e. The van der Waals surface area contributed by atoms with Gasteiger partial charge >= 0.3 is 6.18 Å². The highest BCUT2D eigenvalue weighted by atomic mass is 35.5. The molecule has 1 aromatic carbocycles. The average Bonchev–Trinajstić information content (AvgIpc) is 3.45. The molecule has 0 radical (unpaired) electrons. The summed E-state index contributed by atoms with van der Waals surface area (Å²) in [5.41, 5.74) is 0.514. The number of amides is 1. The highest BCUT2D eigenvalue weighted by molar-refractivity contribution is 6.33. The summed E-state index contributed by atoms with van der Waals surface area (Å²) in [5, 5.41) is 5.17. The Kier molecular flexibility index (Phi) is 9.39. The van der Waals surface area contributed by atoms with Crippen LogP contribution in [-0.2, 0) is 41.8 Å². The Hall–Kier alpha value is -4.50. The molecule has 2 aliphatic rings. The molecule has 3 aromatic rings. The van der Waals surface area contributed by atoms with Crippen LogP contribution in [0.4, 0.5) is 24.5 Å². The van der Waals surface area contributed by atoms with Gasteiger partial charge in [0.15, 0.2) is 11.6 Å². The Morgan fingerprint density at radius 1 is 1.18 bits per heavy atom. The summed E-state index contributed by atoms with van der Waals surface area (Å²) >= 11 is 6.06. The number of alkyl halides is 3. The van der Waals surface area contributed by atoms with E-state index in [-0.39, 0.29) is 34.5 Å². The number of carbonyl (C=O) groups is 2. The number of fused-ring (bicyclic) bond motifs is 1. The molecule has 4 heterocycles. The number of nitrogens with one attached hydrogen (secondary N) is 2. The van der Waals surface area contributed by atoms with Crippen LogP contribution in [0.15, 0.2) is 41.6 Å². The first-order chi connectivity index (χ1) is 21.5. The van der Waals surface area contributed by atoms with Crippen molar-refractivity contribution >= 4 is 40.2 Å². The van der Waals surface area contributed by atoms with E-state index in [9.17, 15) is 27.6 Å². The maximum Gasteiger partial charge on any atom is 0.416 e. The molecule has 12 nitrogen and oxygen atoms in total. The smallest absolute Gasteiger partial charge is 0.377 e. The van der Waals surface area contributed by atoms with Gasteiger partial charge < -0.3 is 19.5 Å². The quantitative estimate of drug-likeness (QED) is 0.365. The fourth-order valence-corrected chi connectivity index (χ4v) is 5.37. The van der Waals surface area contributed by atoms with E-state index in [4.69, 9.17) is 16.3 Å². The number of carbonyl (C=O) groups excluding carboxylic acids is 2. The number of anilines is 2. The van der Waals surface area contributed by atoms with Crippen LogP contribution in [0.1, 0.15) is 53.7 Å². The topological polar surface area (TPSA) is 140 Å². The molecule has 0 unspecified atom stereocenters. The predicted molar refractivity (Wildman–Crippen MR) is 159 cm³/mol. The summed E-state index contributed by atoms with van der Waals surface area (Å²) in [6.07, 6.45) is 0.979. The number of aromatic amines is 1. The Morgan fingerprint density at radius 2 is 1.98 bits per heavy atom. The number of halogens is 4. The second-order valence-electron chi connectivity index (χ2n) is 10.4. The summed E-state index contributed by atoms with van der Waals surface area (Å²) in [6, 6.07) is 2.57. The molecular formula is C29H30ClF3N8O4. The van der Waals surface area contributed by atoms with Gasteiger partial charge in [-0.05, 0) is 36.6 Å². The van der Waals surface area contributed by atoms with E-state index in [2.05, 4.69) is 25.4 Å². The first kappa shape index (κ1) is 31.9. The van der Waals surface area contributed by atoms with Crippen molar-refractivity contribution in [3.63, 3.8) is 0 Å². The molecule has 0 spiro atoms. The molecule has 0 saturated carbocycles. The second kappa shape index (κ2) is 13.2.